The number of oxazole rings is 1. The zero-order valence-corrected chi connectivity index (χ0v) is 11.3. The number of amides is 1. The fourth-order valence-electron chi connectivity index (χ4n) is 2.84. The Labute approximate surface area is 107 Å². The molecule has 2 rings (SSSR count). The van der Waals surface area contributed by atoms with Crippen molar-refractivity contribution in [3.63, 3.8) is 0 Å². The first-order valence-corrected chi connectivity index (χ1v) is 6.45. The molecule has 18 heavy (non-hydrogen) atoms. The summed E-state index contributed by atoms with van der Waals surface area (Å²) in [5.41, 5.74) is 6.42. The number of nitrogens with zero attached hydrogens (tertiary/aromatic N) is 2. The summed E-state index contributed by atoms with van der Waals surface area (Å²) in [6, 6.07) is 0.229. The molecule has 0 radical (unpaired) electrons. The molecule has 1 aliphatic rings. The lowest BCUT2D eigenvalue weighted by atomic mass is 10.0. The van der Waals surface area contributed by atoms with E-state index >= 15 is 0 Å². The normalized spacial score (nSPS) is 23.3. The molecule has 1 amide bonds. The lowest BCUT2D eigenvalue weighted by Crippen LogP contribution is -2.41. The van der Waals surface area contributed by atoms with Crippen LogP contribution in [0.5, 0.6) is 0 Å². The molecule has 2 atom stereocenters. The van der Waals surface area contributed by atoms with Gasteiger partial charge in [0.1, 0.15) is 0 Å². The largest absolute Gasteiger partial charge is 0.436 e. The molecular formula is C13H21N3O2. The Morgan fingerprint density at radius 3 is 2.78 bits per heavy atom. The molecule has 5 nitrogen and oxygen atoms in total. The first-order chi connectivity index (χ1) is 8.54. The van der Waals surface area contributed by atoms with Crippen molar-refractivity contribution in [3.05, 3.63) is 17.3 Å². The average molecular weight is 251 g/mol. The highest BCUT2D eigenvalue weighted by Crippen LogP contribution is 2.29. The molecule has 5 heteroatoms. The van der Waals surface area contributed by atoms with Crippen molar-refractivity contribution < 1.29 is 9.21 Å². The number of rotatable bonds is 3. The third-order valence-corrected chi connectivity index (χ3v) is 3.84. The molecule has 0 spiro atoms. The molecule has 0 aliphatic heterocycles. The van der Waals surface area contributed by atoms with Crippen LogP contribution in [-0.2, 0) is 0 Å². The number of aromatic nitrogens is 1. The van der Waals surface area contributed by atoms with Gasteiger partial charge in [-0.25, -0.2) is 4.98 Å². The molecule has 1 aliphatic carbocycles. The summed E-state index contributed by atoms with van der Waals surface area (Å²) in [7, 11) is 1.83. The molecule has 1 aromatic heterocycles. The Kier molecular flexibility index (Phi) is 3.71. The molecular weight excluding hydrogens is 230 g/mol. The molecule has 0 bridgehead atoms. The maximum atomic E-state index is 12.4. The molecule has 1 fully saturated rings. The van der Waals surface area contributed by atoms with Crippen LogP contribution in [0.3, 0.4) is 0 Å². The monoisotopic (exact) mass is 251 g/mol. The van der Waals surface area contributed by atoms with Crippen molar-refractivity contribution in [3.8, 4) is 0 Å². The van der Waals surface area contributed by atoms with Gasteiger partial charge in [-0.3, -0.25) is 4.79 Å². The van der Waals surface area contributed by atoms with Crippen LogP contribution in [0.15, 0.2) is 4.42 Å². The zero-order chi connectivity index (χ0) is 13.3. The van der Waals surface area contributed by atoms with Crippen molar-refractivity contribution in [2.45, 2.75) is 39.2 Å². The molecule has 1 saturated carbocycles. The number of carbonyl (C=O) groups is 1. The number of hydrogen-bond acceptors (Lipinski definition) is 4. The first kappa shape index (κ1) is 13.1. The van der Waals surface area contributed by atoms with Gasteiger partial charge in [-0.15, -0.1) is 0 Å². The summed E-state index contributed by atoms with van der Waals surface area (Å²) in [6.07, 6.45) is 3.27. The summed E-state index contributed by atoms with van der Waals surface area (Å²) in [5.74, 6) is 1.21. The second-order valence-corrected chi connectivity index (χ2v) is 5.06. The van der Waals surface area contributed by atoms with Crippen LogP contribution in [0, 0.1) is 19.8 Å². The summed E-state index contributed by atoms with van der Waals surface area (Å²) in [6.45, 7) is 4.19. The van der Waals surface area contributed by atoms with Crippen LogP contribution in [0.2, 0.25) is 0 Å². The zero-order valence-electron chi connectivity index (χ0n) is 11.3. The van der Waals surface area contributed by atoms with E-state index in [-0.39, 0.29) is 11.9 Å². The highest BCUT2D eigenvalue weighted by molar-refractivity contribution is 5.92. The second-order valence-electron chi connectivity index (χ2n) is 5.06. The van der Waals surface area contributed by atoms with E-state index in [1.54, 1.807) is 18.7 Å². The minimum absolute atomic E-state index is 0.0848. The molecule has 100 valence electrons. The fourth-order valence-corrected chi connectivity index (χ4v) is 2.84. The Morgan fingerprint density at radius 2 is 2.22 bits per heavy atom. The van der Waals surface area contributed by atoms with Crippen molar-refractivity contribution in [2.75, 3.05) is 13.6 Å². The quantitative estimate of drug-likeness (QED) is 0.883. The van der Waals surface area contributed by atoms with Crippen LogP contribution >= 0.6 is 0 Å². The SMILES string of the molecule is Cc1nc(C)c(C(=O)N(C)C2CCCC2CN)o1. The second kappa shape index (κ2) is 5.10. The highest BCUT2D eigenvalue weighted by atomic mass is 16.4. The Hall–Kier alpha value is -1.36. The molecule has 1 aromatic rings. The predicted molar refractivity (Wildman–Crippen MR) is 68.3 cm³/mol. The van der Waals surface area contributed by atoms with E-state index in [9.17, 15) is 4.79 Å². The maximum Gasteiger partial charge on any atom is 0.291 e. The maximum absolute atomic E-state index is 12.4. The number of carbonyl (C=O) groups excluding carboxylic acids is 1. The van der Waals surface area contributed by atoms with E-state index in [1.807, 2.05) is 7.05 Å². The standard InChI is InChI=1S/C13H21N3O2/c1-8-12(18-9(2)15-8)13(17)16(3)11-6-4-5-10(11)7-14/h10-11H,4-7,14H2,1-3H3. The van der Waals surface area contributed by atoms with E-state index in [0.717, 1.165) is 19.3 Å². The minimum Gasteiger partial charge on any atom is -0.436 e. The lowest BCUT2D eigenvalue weighted by molar-refractivity contribution is 0.0665. The number of nitrogens with two attached hydrogens (primary N) is 1. The van der Waals surface area contributed by atoms with Crippen molar-refractivity contribution in [1.29, 1.82) is 0 Å². The lowest BCUT2D eigenvalue weighted by Gasteiger charge is -2.28. The van der Waals surface area contributed by atoms with Crippen LogP contribution in [0.1, 0.15) is 41.4 Å². The highest BCUT2D eigenvalue weighted by Gasteiger charge is 2.33. The molecule has 1 heterocycles. The van der Waals surface area contributed by atoms with Gasteiger partial charge in [0.05, 0.1) is 5.69 Å². The molecule has 0 saturated heterocycles. The van der Waals surface area contributed by atoms with Gasteiger partial charge in [-0.05, 0) is 32.2 Å². The van der Waals surface area contributed by atoms with Gasteiger partial charge in [0.2, 0.25) is 5.76 Å². The Balaban J connectivity index is 2.16. The average Bonchev–Trinajstić information content (AvgIpc) is 2.93. The van der Waals surface area contributed by atoms with Gasteiger partial charge in [0.25, 0.3) is 5.91 Å². The first-order valence-electron chi connectivity index (χ1n) is 6.45. The van der Waals surface area contributed by atoms with Crippen molar-refractivity contribution in [2.24, 2.45) is 11.7 Å². The Bertz CT molecular complexity index is 441. The third kappa shape index (κ3) is 2.27. The number of aryl methyl sites for hydroxylation is 2. The smallest absolute Gasteiger partial charge is 0.291 e. The summed E-state index contributed by atoms with van der Waals surface area (Å²) >= 11 is 0. The van der Waals surface area contributed by atoms with E-state index in [1.165, 1.54) is 0 Å². The van der Waals surface area contributed by atoms with Crippen LogP contribution in [-0.4, -0.2) is 35.4 Å². The van der Waals surface area contributed by atoms with Crippen LogP contribution < -0.4 is 5.73 Å². The summed E-state index contributed by atoms with van der Waals surface area (Å²) in [5, 5.41) is 0. The predicted octanol–water partition coefficient (Wildman–Crippen LogP) is 1.49. The van der Waals surface area contributed by atoms with Crippen LogP contribution in [0.4, 0.5) is 0 Å². The fraction of sp³-hybridized carbons (Fsp3) is 0.692. The van der Waals surface area contributed by atoms with Gasteiger partial charge in [-0.2, -0.15) is 0 Å². The molecule has 2 unspecified atom stereocenters. The van der Waals surface area contributed by atoms with Gasteiger partial charge < -0.3 is 15.1 Å². The van der Waals surface area contributed by atoms with E-state index in [2.05, 4.69) is 4.98 Å². The van der Waals surface area contributed by atoms with E-state index in [4.69, 9.17) is 10.2 Å². The van der Waals surface area contributed by atoms with Crippen LogP contribution in [0.25, 0.3) is 0 Å². The minimum atomic E-state index is -0.0848. The summed E-state index contributed by atoms with van der Waals surface area (Å²) < 4.78 is 5.39. The van der Waals surface area contributed by atoms with Crippen molar-refractivity contribution in [1.82, 2.24) is 9.88 Å². The van der Waals surface area contributed by atoms with Gasteiger partial charge >= 0.3 is 0 Å². The third-order valence-electron chi connectivity index (χ3n) is 3.84. The summed E-state index contributed by atoms with van der Waals surface area (Å²) in [4.78, 5) is 18.3. The van der Waals surface area contributed by atoms with E-state index < -0.39 is 0 Å². The number of hydrogen-bond donors (Lipinski definition) is 1. The molecule has 2 N–H and O–H groups in total. The van der Waals surface area contributed by atoms with Gasteiger partial charge in [0.15, 0.2) is 5.89 Å². The van der Waals surface area contributed by atoms with Gasteiger partial charge in [0, 0.05) is 20.0 Å². The van der Waals surface area contributed by atoms with Crippen molar-refractivity contribution >= 4 is 5.91 Å². The molecule has 0 aromatic carbocycles. The topological polar surface area (TPSA) is 72.4 Å². The Morgan fingerprint density at radius 1 is 1.50 bits per heavy atom. The van der Waals surface area contributed by atoms with E-state index in [0.29, 0.717) is 29.8 Å². The van der Waals surface area contributed by atoms with Gasteiger partial charge in [-0.1, -0.05) is 6.42 Å².